The fraction of sp³-hybridized carbons (Fsp3) is 0.0417. The van der Waals surface area contributed by atoms with Crippen molar-refractivity contribution in [3.05, 3.63) is 105 Å². The maximum Gasteiger partial charge on any atom is 0.335 e. The van der Waals surface area contributed by atoms with Gasteiger partial charge in [0.15, 0.2) is 0 Å². The number of nitrogens with zero attached hydrogens (tertiary/aromatic N) is 2. The Balaban J connectivity index is 1.54. The van der Waals surface area contributed by atoms with Crippen molar-refractivity contribution < 1.29 is 24.0 Å². The molecule has 1 fully saturated rings. The van der Waals surface area contributed by atoms with Gasteiger partial charge in [0, 0.05) is 22.7 Å². The molecule has 0 unspecified atom stereocenters. The summed E-state index contributed by atoms with van der Waals surface area (Å²) >= 11 is 6.12. The Kier molecular flexibility index (Phi) is 6.37. The number of rotatable bonds is 6. The van der Waals surface area contributed by atoms with Crippen LogP contribution in [0.5, 0.6) is 5.75 Å². The highest BCUT2D eigenvalue weighted by molar-refractivity contribution is 6.39. The standard InChI is InChI=1S/C24H16ClN3O6/c25-21-7-2-1-4-16(21)14-34-19-10-8-15(9-11-19)12-20-22(29)26-24(31)27(23(20)30)17-5-3-6-18(13-17)28(32)33/h1-13H,14H2,(H,26,29,31). The highest BCUT2D eigenvalue weighted by atomic mass is 35.5. The van der Waals surface area contributed by atoms with E-state index >= 15 is 0 Å². The van der Waals surface area contributed by atoms with E-state index in [0.29, 0.717) is 21.2 Å². The number of urea groups is 1. The molecule has 3 aromatic rings. The molecule has 4 amide bonds. The number of hydrogen-bond acceptors (Lipinski definition) is 6. The predicted octanol–water partition coefficient (Wildman–Crippen LogP) is 4.49. The molecule has 1 aliphatic rings. The van der Waals surface area contributed by atoms with Crippen molar-refractivity contribution in [1.29, 1.82) is 0 Å². The number of carbonyl (C=O) groups excluding carboxylic acids is 3. The number of halogens is 1. The van der Waals surface area contributed by atoms with Gasteiger partial charge in [-0.1, -0.05) is 48.0 Å². The van der Waals surface area contributed by atoms with Gasteiger partial charge in [-0.2, -0.15) is 0 Å². The molecule has 4 rings (SSSR count). The molecule has 0 spiro atoms. The van der Waals surface area contributed by atoms with Gasteiger partial charge >= 0.3 is 6.03 Å². The van der Waals surface area contributed by atoms with Crippen LogP contribution in [-0.4, -0.2) is 22.8 Å². The molecule has 0 bridgehead atoms. The van der Waals surface area contributed by atoms with Crippen molar-refractivity contribution in [3.63, 3.8) is 0 Å². The van der Waals surface area contributed by atoms with Crippen molar-refractivity contribution in [2.75, 3.05) is 4.90 Å². The van der Waals surface area contributed by atoms with Gasteiger partial charge in [-0.15, -0.1) is 0 Å². The number of hydrogen-bond donors (Lipinski definition) is 1. The number of anilines is 1. The second-order valence-corrected chi connectivity index (χ2v) is 7.59. The molecule has 3 aromatic carbocycles. The molecule has 1 N–H and O–H groups in total. The van der Waals surface area contributed by atoms with E-state index in [1.54, 1.807) is 30.3 Å². The minimum atomic E-state index is -0.990. The number of benzene rings is 3. The zero-order valence-corrected chi connectivity index (χ0v) is 18.2. The third kappa shape index (κ3) is 4.79. The molecule has 0 saturated carbocycles. The molecule has 0 aromatic heterocycles. The number of amides is 4. The fourth-order valence-corrected chi connectivity index (χ4v) is 3.43. The number of non-ortho nitro benzene ring substituents is 1. The molecular formula is C24H16ClN3O6. The minimum absolute atomic E-state index is 0.0292. The number of nitrogens with one attached hydrogen (secondary N) is 1. The van der Waals surface area contributed by atoms with Crippen LogP contribution < -0.4 is 15.0 Å². The zero-order chi connectivity index (χ0) is 24.2. The lowest BCUT2D eigenvalue weighted by molar-refractivity contribution is -0.384. The molecule has 0 atom stereocenters. The van der Waals surface area contributed by atoms with E-state index in [4.69, 9.17) is 16.3 Å². The van der Waals surface area contributed by atoms with Gasteiger partial charge in [-0.05, 0) is 35.9 Å². The lowest BCUT2D eigenvalue weighted by Gasteiger charge is -2.26. The number of imide groups is 2. The number of barbiturate groups is 1. The van der Waals surface area contributed by atoms with Crippen LogP contribution in [0.1, 0.15) is 11.1 Å². The molecule has 10 heteroatoms. The third-order valence-corrected chi connectivity index (χ3v) is 5.31. The van der Waals surface area contributed by atoms with E-state index in [9.17, 15) is 24.5 Å². The predicted molar refractivity (Wildman–Crippen MR) is 124 cm³/mol. The Morgan fingerprint density at radius 3 is 2.44 bits per heavy atom. The SMILES string of the molecule is O=C1NC(=O)N(c2cccc([N+](=O)[O-])c2)C(=O)C1=Cc1ccc(OCc2ccccc2Cl)cc1. The normalized spacial score (nSPS) is 14.8. The minimum Gasteiger partial charge on any atom is -0.489 e. The average molecular weight is 478 g/mol. The number of nitro groups is 1. The molecule has 9 nitrogen and oxygen atoms in total. The first-order valence-electron chi connectivity index (χ1n) is 9.95. The topological polar surface area (TPSA) is 119 Å². The average Bonchev–Trinajstić information content (AvgIpc) is 2.82. The summed E-state index contributed by atoms with van der Waals surface area (Å²) in [4.78, 5) is 48.7. The molecule has 170 valence electrons. The summed E-state index contributed by atoms with van der Waals surface area (Å²) < 4.78 is 5.72. The summed E-state index contributed by atoms with van der Waals surface area (Å²) in [5.41, 5.74) is 0.713. The molecule has 0 radical (unpaired) electrons. The summed E-state index contributed by atoms with van der Waals surface area (Å²) in [6.45, 7) is 0.265. The van der Waals surface area contributed by atoms with E-state index in [2.05, 4.69) is 5.32 Å². The van der Waals surface area contributed by atoms with Gasteiger partial charge in [-0.3, -0.25) is 25.0 Å². The summed E-state index contributed by atoms with van der Waals surface area (Å²) in [5.74, 6) is -1.21. The molecule has 34 heavy (non-hydrogen) atoms. The van der Waals surface area contributed by atoms with Crippen molar-refractivity contribution in [2.24, 2.45) is 0 Å². The van der Waals surface area contributed by atoms with E-state index in [1.165, 1.54) is 24.3 Å². The van der Waals surface area contributed by atoms with Crippen LogP contribution in [0.25, 0.3) is 6.08 Å². The Labute approximate surface area is 198 Å². The Morgan fingerprint density at radius 1 is 1.00 bits per heavy atom. The Hall–Kier alpha value is -4.50. The van der Waals surface area contributed by atoms with Gasteiger partial charge in [0.2, 0.25) is 0 Å². The number of nitro benzene ring substituents is 1. The van der Waals surface area contributed by atoms with Crippen molar-refractivity contribution >= 4 is 46.9 Å². The molecule has 0 aliphatic carbocycles. The molecule has 1 saturated heterocycles. The molecular weight excluding hydrogens is 462 g/mol. The van der Waals surface area contributed by atoms with Crippen LogP contribution in [0.3, 0.4) is 0 Å². The lowest BCUT2D eigenvalue weighted by atomic mass is 10.1. The third-order valence-electron chi connectivity index (χ3n) is 4.94. The van der Waals surface area contributed by atoms with E-state index in [0.717, 1.165) is 11.6 Å². The monoisotopic (exact) mass is 477 g/mol. The second-order valence-electron chi connectivity index (χ2n) is 7.18. The van der Waals surface area contributed by atoms with Gasteiger partial charge in [0.1, 0.15) is 17.9 Å². The maximum atomic E-state index is 13.0. The van der Waals surface area contributed by atoms with Gasteiger partial charge < -0.3 is 4.74 Å². The van der Waals surface area contributed by atoms with Gasteiger partial charge in [0.25, 0.3) is 17.5 Å². The lowest BCUT2D eigenvalue weighted by Crippen LogP contribution is -2.54. The Morgan fingerprint density at radius 2 is 1.74 bits per heavy atom. The van der Waals surface area contributed by atoms with Gasteiger partial charge in [-0.25, -0.2) is 9.69 Å². The van der Waals surface area contributed by atoms with Crippen molar-refractivity contribution in [1.82, 2.24) is 5.32 Å². The fourth-order valence-electron chi connectivity index (χ4n) is 3.24. The summed E-state index contributed by atoms with van der Waals surface area (Å²) in [5, 5.41) is 13.7. The highest BCUT2D eigenvalue weighted by Gasteiger charge is 2.37. The summed E-state index contributed by atoms with van der Waals surface area (Å²) in [7, 11) is 0. The maximum absolute atomic E-state index is 13.0. The highest BCUT2D eigenvalue weighted by Crippen LogP contribution is 2.26. The van der Waals surface area contributed by atoms with Crippen molar-refractivity contribution in [2.45, 2.75) is 6.61 Å². The number of carbonyl (C=O) groups is 3. The Bertz CT molecular complexity index is 1340. The van der Waals surface area contributed by atoms with Crippen LogP contribution in [-0.2, 0) is 16.2 Å². The van der Waals surface area contributed by atoms with Gasteiger partial charge in [0.05, 0.1) is 10.6 Å². The van der Waals surface area contributed by atoms with Crippen molar-refractivity contribution in [3.8, 4) is 5.75 Å². The first kappa shape index (κ1) is 22.7. The smallest absolute Gasteiger partial charge is 0.335 e. The van der Waals surface area contributed by atoms with E-state index in [-0.39, 0.29) is 23.6 Å². The summed E-state index contributed by atoms with van der Waals surface area (Å²) in [6.07, 6.45) is 1.33. The van der Waals surface area contributed by atoms with Crippen LogP contribution in [0.4, 0.5) is 16.2 Å². The molecule has 1 heterocycles. The van der Waals surface area contributed by atoms with Crippen LogP contribution in [0, 0.1) is 10.1 Å². The van der Waals surface area contributed by atoms with E-state index in [1.807, 2.05) is 18.2 Å². The first-order chi connectivity index (χ1) is 16.3. The van der Waals surface area contributed by atoms with Crippen LogP contribution in [0.2, 0.25) is 5.02 Å². The van der Waals surface area contributed by atoms with E-state index < -0.39 is 22.8 Å². The first-order valence-corrected chi connectivity index (χ1v) is 10.3. The second kappa shape index (κ2) is 9.55. The van der Waals surface area contributed by atoms with Crippen LogP contribution >= 0.6 is 11.6 Å². The quantitative estimate of drug-likeness (QED) is 0.242. The zero-order valence-electron chi connectivity index (χ0n) is 17.4. The largest absolute Gasteiger partial charge is 0.489 e. The molecule has 1 aliphatic heterocycles. The summed E-state index contributed by atoms with van der Waals surface area (Å²) in [6, 6.07) is 17.9. The number of ether oxygens (including phenoxy) is 1. The van der Waals surface area contributed by atoms with Crippen LogP contribution in [0.15, 0.2) is 78.4 Å².